The van der Waals surface area contributed by atoms with Crippen molar-refractivity contribution in [2.75, 3.05) is 18.2 Å². The van der Waals surface area contributed by atoms with Crippen molar-refractivity contribution < 1.29 is 0 Å². The van der Waals surface area contributed by atoms with Gasteiger partial charge in [0.05, 0.1) is 17.3 Å². The summed E-state index contributed by atoms with van der Waals surface area (Å²) in [6.07, 6.45) is 1.98. The lowest BCUT2D eigenvalue weighted by Gasteiger charge is -2.29. The molecule has 0 aliphatic carbocycles. The third-order valence-electron chi connectivity index (χ3n) is 3.65. The summed E-state index contributed by atoms with van der Waals surface area (Å²) in [6.45, 7) is 2.09. The molecule has 0 aromatic heterocycles. The minimum absolute atomic E-state index is 0.0860. The van der Waals surface area contributed by atoms with Crippen LogP contribution in [0.2, 0.25) is 5.02 Å². The summed E-state index contributed by atoms with van der Waals surface area (Å²) in [5, 5.41) is 10.2. The summed E-state index contributed by atoms with van der Waals surface area (Å²) in [4.78, 5) is 3.09. The Hall–Kier alpha value is -1.63. The minimum Gasteiger partial charge on any atom is -0.367 e. The molecule has 0 aliphatic rings. The van der Waals surface area contributed by atoms with Crippen LogP contribution in [0.25, 0.3) is 0 Å². The van der Waals surface area contributed by atoms with Gasteiger partial charge in [-0.2, -0.15) is 5.26 Å². The normalized spacial score (nSPS) is 11.8. The quantitative estimate of drug-likeness (QED) is 0.731. The molecule has 0 heterocycles. The molecule has 0 N–H and O–H groups in total. The third-order valence-corrected chi connectivity index (χ3v) is 4.78. The smallest absolute Gasteiger partial charge is 0.103 e. The number of thioether (sulfide) groups is 1. The lowest BCUT2D eigenvalue weighted by atomic mass is 10.1. The van der Waals surface area contributed by atoms with E-state index in [2.05, 4.69) is 17.9 Å². The fourth-order valence-electron chi connectivity index (χ4n) is 2.33. The van der Waals surface area contributed by atoms with E-state index in [0.717, 1.165) is 21.2 Å². The molecule has 0 radical (unpaired) electrons. The molecular formula is C17H17ClN2S. The molecule has 1 atom stereocenters. The van der Waals surface area contributed by atoms with Gasteiger partial charge >= 0.3 is 0 Å². The topological polar surface area (TPSA) is 27.0 Å². The summed E-state index contributed by atoms with van der Waals surface area (Å²) in [5.74, 6) is 0. The highest BCUT2D eigenvalue weighted by atomic mass is 35.5. The van der Waals surface area contributed by atoms with Crippen LogP contribution >= 0.6 is 23.4 Å². The molecule has 0 bridgehead atoms. The average Bonchev–Trinajstić information content (AvgIpc) is 2.53. The molecule has 21 heavy (non-hydrogen) atoms. The Balaban J connectivity index is 2.43. The van der Waals surface area contributed by atoms with Crippen LogP contribution in [0.5, 0.6) is 0 Å². The Labute approximate surface area is 135 Å². The first-order chi connectivity index (χ1) is 10.1. The second-order valence-electron chi connectivity index (χ2n) is 4.77. The Kier molecular flexibility index (Phi) is 5.17. The Morgan fingerprint density at radius 3 is 2.52 bits per heavy atom. The van der Waals surface area contributed by atoms with Crippen LogP contribution in [-0.2, 0) is 0 Å². The highest BCUT2D eigenvalue weighted by Gasteiger charge is 2.18. The molecule has 2 aromatic carbocycles. The number of nitrogens with zero attached hydrogens (tertiary/aromatic N) is 2. The Morgan fingerprint density at radius 1 is 1.19 bits per heavy atom. The number of nitriles is 1. The van der Waals surface area contributed by atoms with Gasteiger partial charge < -0.3 is 4.90 Å². The largest absolute Gasteiger partial charge is 0.367 e. The first kappa shape index (κ1) is 15.8. The number of rotatable bonds is 4. The van der Waals surface area contributed by atoms with E-state index in [1.54, 1.807) is 11.8 Å². The van der Waals surface area contributed by atoms with Crippen molar-refractivity contribution in [3.05, 3.63) is 58.6 Å². The van der Waals surface area contributed by atoms with Gasteiger partial charge in [0, 0.05) is 17.0 Å². The Bertz CT molecular complexity index is 679. The van der Waals surface area contributed by atoms with Crippen molar-refractivity contribution in [3.8, 4) is 6.07 Å². The number of anilines is 1. The molecule has 108 valence electrons. The van der Waals surface area contributed by atoms with Crippen molar-refractivity contribution in [1.82, 2.24) is 0 Å². The standard InChI is InChI=1S/C17H17ClN2S/c1-12(13-7-4-5-8-15(13)18)20(2)16-9-6-10-17(21-3)14(16)11-19/h4-10,12H,1-3H3. The summed E-state index contributed by atoms with van der Waals surface area (Å²) >= 11 is 7.87. The van der Waals surface area contributed by atoms with Crippen molar-refractivity contribution in [3.63, 3.8) is 0 Å². The summed E-state index contributed by atoms with van der Waals surface area (Å²) < 4.78 is 0. The molecule has 0 amide bonds. The summed E-state index contributed by atoms with van der Waals surface area (Å²) in [6, 6.07) is 16.2. The van der Waals surface area contributed by atoms with E-state index in [1.807, 2.05) is 55.8 Å². The van der Waals surface area contributed by atoms with Crippen molar-refractivity contribution in [2.45, 2.75) is 17.9 Å². The van der Waals surface area contributed by atoms with E-state index < -0.39 is 0 Å². The highest BCUT2D eigenvalue weighted by molar-refractivity contribution is 7.98. The van der Waals surface area contributed by atoms with Crippen LogP contribution in [-0.4, -0.2) is 13.3 Å². The van der Waals surface area contributed by atoms with Gasteiger partial charge in [0.1, 0.15) is 6.07 Å². The second kappa shape index (κ2) is 6.89. The zero-order valence-electron chi connectivity index (χ0n) is 12.3. The van der Waals surface area contributed by atoms with Crippen LogP contribution in [0.4, 0.5) is 5.69 Å². The van der Waals surface area contributed by atoms with Gasteiger partial charge in [-0.25, -0.2) is 0 Å². The summed E-state index contributed by atoms with van der Waals surface area (Å²) in [5.41, 5.74) is 2.70. The third kappa shape index (κ3) is 3.18. The predicted octanol–water partition coefficient (Wildman–Crippen LogP) is 5.13. The van der Waals surface area contributed by atoms with Gasteiger partial charge in [-0.3, -0.25) is 0 Å². The van der Waals surface area contributed by atoms with Gasteiger partial charge in [0.25, 0.3) is 0 Å². The van der Waals surface area contributed by atoms with Crippen LogP contribution < -0.4 is 4.90 Å². The van der Waals surface area contributed by atoms with Gasteiger partial charge in [0.2, 0.25) is 0 Å². The van der Waals surface area contributed by atoms with Crippen LogP contribution in [0.3, 0.4) is 0 Å². The number of halogens is 1. The zero-order chi connectivity index (χ0) is 15.4. The summed E-state index contributed by atoms with van der Waals surface area (Å²) in [7, 11) is 1.99. The molecule has 0 saturated heterocycles. The fourth-order valence-corrected chi connectivity index (χ4v) is 3.19. The lowest BCUT2D eigenvalue weighted by Crippen LogP contribution is -2.23. The molecule has 1 unspecified atom stereocenters. The molecule has 0 aliphatic heterocycles. The van der Waals surface area contributed by atoms with E-state index in [-0.39, 0.29) is 6.04 Å². The number of hydrogen-bond acceptors (Lipinski definition) is 3. The maximum Gasteiger partial charge on any atom is 0.103 e. The zero-order valence-corrected chi connectivity index (χ0v) is 13.9. The maximum absolute atomic E-state index is 9.47. The van der Waals surface area contributed by atoms with Crippen molar-refractivity contribution in [1.29, 1.82) is 5.26 Å². The van der Waals surface area contributed by atoms with E-state index >= 15 is 0 Å². The van der Waals surface area contributed by atoms with Crippen molar-refractivity contribution >= 4 is 29.1 Å². The van der Waals surface area contributed by atoms with Gasteiger partial charge in [0.15, 0.2) is 0 Å². The molecule has 4 heteroatoms. The average molecular weight is 317 g/mol. The monoisotopic (exact) mass is 316 g/mol. The first-order valence-electron chi connectivity index (χ1n) is 6.64. The van der Waals surface area contributed by atoms with Crippen molar-refractivity contribution in [2.24, 2.45) is 0 Å². The SMILES string of the molecule is CSc1cccc(N(C)C(C)c2ccccc2Cl)c1C#N. The van der Waals surface area contributed by atoms with E-state index in [4.69, 9.17) is 11.6 Å². The van der Waals surface area contributed by atoms with Gasteiger partial charge in [-0.1, -0.05) is 35.9 Å². The molecule has 2 aromatic rings. The van der Waals surface area contributed by atoms with Crippen LogP contribution in [0.15, 0.2) is 47.4 Å². The number of benzene rings is 2. The fraction of sp³-hybridized carbons (Fsp3) is 0.235. The Morgan fingerprint density at radius 2 is 1.90 bits per heavy atom. The lowest BCUT2D eigenvalue weighted by molar-refractivity contribution is 0.738. The van der Waals surface area contributed by atoms with Crippen LogP contribution in [0, 0.1) is 11.3 Å². The van der Waals surface area contributed by atoms with Crippen LogP contribution in [0.1, 0.15) is 24.1 Å². The molecule has 0 fully saturated rings. The number of hydrogen-bond donors (Lipinski definition) is 0. The highest BCUT2D eigenvalue weighted by Crippen LogP contribution is 2.34. The minimum atomic E-state index is 0.0860. The second-order valence-corrected chi connectivity index (χ2v) is 6.03. The maximum atomic E-state index is 9.47. The first-order valence-corrected chi connectivity index (χ1v) is 8.24. The van der Waals surface area contributed by atoms with E-state index in [0.29, 0.717) is 5.56 Å². The molecule has 2 rings (SSSR count). The molecule has 0 saturated carbocycles. The van der Waals surface area contributed by atoms with Gasteiger partial charge in [-0.15, -0.1) is 11.8 Å². The van der Waals surface area contributed by atoms with Gasteiger partial charge in [-0.05, 0) is 36.9 Å². The molecular weight excluding hydrogens is 300 g/mol. The predicted molar refractivity (Wildman–Crippen MR) is 91.2 cm³/mol. The molecule has 2 nitrogen and oxygen atoms in total. The van der Waals surface area contributed by atoms with E-state index in [1.165, 1.54) is 0 Å². The van der Waals surface area contributed by atoms with E-state index in [9.17, 15) is 5.26 Å². The molecule has 0 spiro atoms.